The fraction of sp³-hybridized carbons (Fsp3) is 0.571. The topological polar surface area (TPSA) is 177 Å². The number of phenols is 2. The highest BCUT2D eigenvalue weighted by Gasteiger charge is 2.44. The third-order valence-electron chi connectivity index (χ3n) is 10.2. The van der Waals surface area contributed by atoms with Crippen LogP contribution in [0.2, 0.25) is 0 Å². The van der Waals surface area contributed by atoms with Crippen LogP contribution in [0.15, 0.2) is 39.7 Å². The van der Waals surface area contributed by atoms with Crippen LogP contribution in [-0.4, -0.2) is 103 Å². The average molecular weight is 655 g/mol. The molecule has 2 aromatic carbocycles. The first-order valence-electron chi connectivity index (χ1n) is 16.7. The molecule has 47 heavy (non-hydrogen) atoms. The minimum Gasteiger partial charge on any atom is -0.507 e. The Morgan fingerprint density at radius 2 is 1.45 bits per heavy atom. The first kappa shape index (κ1) is 33.7. The van der Waals surface area contributed by atoms with Crippen molar-refractivity contribution in [3.63, 3.8) is 0 Å². The van der Waals surface area contributed by atoms with Crippen molar-refractivity contribution >= 4 is 11.0 Å². The van der Waals surface area contributed by atoms with Crippen molar-refractivity contribution in [1.82, 2.24) is 9.80 Å². The van der Waals surface area contributed by atoms with E-state index in [9.17, 15) is 35.4 Å². The van der Waals surface area contributed by atoms with Gasteiger partial charge in [-0.1, -0.05) is 25.0 Å². The van der Waals surface area contributed by atoms with E-state index in [1.54, 1.807) is 24.3 Å². The summed E-state index contributed by atoms with van der Waals surface area (Å²) >= 11 is 0. The Labute approximate surface area is 273 Å². The maximum Gasteiger partial charge on any atom is 0.229 e. The van der Waals surface area contributed by atoms with Crippen molar-refractivity contribution in [1.29, 1.82) is 0 Å². The molecule has 256 valence electrons. The molecule has 0 unspecified atom stereocenters. The molecule has 3 fully saturated rings. The van der Waals surface area contributed by atoms with E-state index in [1.807, 2.05) is 0 Å². The van der Waals surface area contributed by atoms with Gasteiger partial charge in [0.15, 0.2) is 0 Å². The number of aromatic hydroxyl groups is 2. The molecule has 12 heteroatoms. The molecule has 3 aromatic rings. The minimum atomic E-state index is -1.58. The summed E-state index contributed by atoms with van der Waals surface area (Å²) in [5, 5.41) is 63.3. The van der Waals surface area contributed by atoms with Gasteiger partial charge in [-0.15, -0.1) is 0 Å². The Hall–Kier alpha value is -3.23. The lowest BCUT2D eigenvalue weighted by Crippen LogP contribution is -2.60. The van der Waals surface area contributed by atoms with Gasteiger partial charge in [0, 0.05) is 25.2 Å². The third kappa shape index (κ3) is 6.60. The van der Waals surface area contributed by atoms with Gasteiger partial charge in [-0.2, -0.15) is 0 Å². The predicted octanol–water partition coefficient (Wildman–Crippen LogP) is 2.80. The lowest BCUT2D eigenvalue weighted by Gasteiger charge is -2.39. The highest BCUT2D eigenvalue weighted by atomic mass is 16.7. The molecule has 12 nitrogen and oxygen atoms in total. The number of rotatable bonds is 8. The van der Waals surface area contributed by atoms with E-state index < -0.39 is 42.7 Å². The molecule has 3 saturated heterocycles. The minimum absolute atomic E-state index is 0.0290. The summed E-state index contributed by atoms with van der Waals surface area (Å²) in [5.41, 5.74) is 1.24. The zero-order valence-corrected chi connectivity index (χ0v) is 26.9. The fourth-order valence-electron chi connectivity index (χ4n) is 7.16. The second kappa shape index (κ2) is 14.1. The van der Waals surface area contributed by atoms with Gasteiger partial charge in [0.05, 0.1) is 23.3 Å². The van der Waals surface area contributed by atoms with Crippen molar-refractivity contribution in [2.24, 2.45) is 0 Å². The lowest BCUT2D eigenvalue weighted by atomic mass is 9.96. The molecule has 0 radical (unpaired) electrons. The van der Waals surface area contributed by atoms with E-state index in [-0.39, 0.29) is 39.8 Å². The molecule has 0 aliphatic carbocycles. The summed E-state index contributed by atoms with van der Waals surface area (Å²) in [6.45, 7) is 6.12. The van der Waals surface area contributed by atoms with E-state index in [1.165, 1.54) is 6.26 Å². The molecule has 1 aromatic heterocycles. The number of aliphatic hydroxyl groups is 4. The average Bonchev–Trinajstić information content (AvgIpc) is 3.07. The molecule has 7 atom stereocenters. The number of ether oxygens (including phenoxy) is 2. The van der Waals surface area contributed by atoms with Crippen molar-refractivity contribution in [2.45, 2.75) is 108 Å². The van der Waals surface area contributed by atoms with Gasteiger partial charge in [-0.25, -0.2) is 0 Å². The summed E-state index contributed by atoms with van der Waals surface area (Å²) < 4.78 is 17.2. The number of nitrogens with zero attached hydrogens (tertiary/aromatic N) is 2. The number of piperidine rings is 2. The monoisotopic (exact) mass is 654 g/mol. The largest absolute Gasteiger partial charge is 0.507 e. The molecule has 6 rings (SSSR count). The SMILES string of the molecule is C[C@@H]1CCCCN1Cc1c(O)c(CN2CCCC[C@@H]2C)c2occ(-c3ccc(O[C@@H]4O[C@H](CO)[C@@H](O)[C@H](O)[C@H]4O)cc3)c(=O)c2c1O. The van der Waals surface area contributed by atoms with Crippen molar-refractivity contribution in [2.75, 3.05) is 19.7 Å². The number of fused-ring (bicyclic) bond motifs is 1. The summed E-state index contributed by atoms with van der Waals surface area (Å²) in [7, 11) is 0. The second-order valence-corrected chi connectivity index (χ2v) is 13.3. The maximum absolute atomic E-state index is 14.2. The second-order valence-electron chi connectivity index (χ2n) is 13.3. The van der Waals surface area contributed by atoms with Crippen molar-refractivity contribution in [3.8, 4) is 28.4 Å². The number of phenolic OH excluding ortho intramolecular Hbond substituents is 2. The van der Waals surface area contributed by atoms with Gasteiger partial charge < -0.3 is 44.5 Å². The molecule has 4 heterocycles. The van der Waals surface area contributed by atoms with Crippen LogP contribution in [0.1, 0.15) is 63.5 Å². The van der Waals surface area contributed by atoms with Crippen LogP contribution >= 0.6 is 0 Å². The number of hydrogen-bond acceptors (Lipinski definition) is 12. The van der Waals surface area contributed by atoms with Gasteiger partial charge in [-0.05, 0) is 70.3 Å². The number of hydrogen-bond donors (Lipinski definition) is 6. The zero-order valence-electron chi connectivity index (χ0n) is 26.9. The number of benzene rings is 2. The number of likely N-dealkylation sites (tertiary alicyclic amines) is 2. The molecular formula is C35H46N2O10. The van der Waals surface area contributed by atoms with Crippen LogP contribution in [0.25, 0.3) is 22.1 Å². The van der Waals surface area contributed by atoms with Crippen LogP contribution in [0, 0.1) is 0 Å². The fourth-order valence-corrected chi connectivity index (χ4v) is 7.16. The van der Waals surface area contributed by atoms with Gasteiger partial charge >= 0.3 is 0 Å². The normalized spacial score (nSPS) is 29.3. The van der Waals surface area contributed by atoms with E-state index >= 15 is 0 Å². The standard InChI is InChI=1S/C35H46N2O10/c1-19-7-3-5-13-36(19)15-23-28(39)24(16-37-14-6-4-8-20(37)2)34-27(29(23)40)30(41)25(18-45-34)21-9-11-22(12-10-21)46-35-33(44)32(43)31(42)26(17-38)47-35/h9-12,18-20,26,31-33,35,38-40,42-44H,3-8,13-17H2,1-2H3/t19-,20+,26-,31-,32+,33-,35-/m1/s1. The third-order valence-corrected chi connectivity index (χ3v) is 10.2. The van der Waals surface area contributed by atoms with Crippen LogP contribution in [0.5, 0.6) is 17.2 Å². The quantitative estimate of drug-likeness (QED) is 0.210. The smallest absolute Gasteiger partial charge is 0.229 e. The molecule has 3 aliphatic rings. The van der Waals surface area contributed by atoms with Crippen LogP contribution in [0.3, 0.4) is 0 Å². The van der Waals surface area contributed by atoms with E-state index in [0.717, 1.165) is 51.6 Å². The van der Waals surface area contributed by atoms with E-state index in [2.05, 4.69) is 23.6 Å². The van der Waals surface area contributed by atoms with Crippen LogP contribution in [0.4, 0.5) is 0 Å². The first-order valence-corrected chi connectivity index (χ1v) is 16.7. The molecule has 3 aliphatic heterocycles. The van der Waals surface area contributed by atoms with Crippen molar-refractivity contribution in [3.05, 3.63) is 51.9 Å². The van der Waals surface area contributed by atoms with E-state index in [0.29, 0.717) is 35.8 Å². The Bertz CT molecular complexity index is 1610. The van der Waals surface area contributed by atoms with Crippen LogP contribution < -0.4 is 10.2 Å². The first-order chi connectivity index (χ1) is 22.6. The summed E-state index contributed by atoms with van der Waals surface area (Å²) in [5.74, 6) is -0.0630. The summed E-state index contributed by atoms with van der Waals surface area (Å²) in [6.07, 6.45) is 0.634. The molecule has 0 spiro atoms. The Balaban J connectivity index is 1.36. The Morgan fingerprint density at radius 1 is 0.830 bits per heavy atom. The Morgan fingerprint density at radius 3 is 2.04 bits per heavy atom. The lowest BCUT2D eigenvalue weighted by molar-refractivity contribution is -0.277. The van der Waals surface area contributed by atoms with Gasteiger partial charge in [0.1, 0.15) is 58.9 Å². The molecule has 0 saturated carbocycles. The van der Waals surface area contributed by atoms with Crippen molar-refractivity contribution < 1.29 is 44.5 Å². The highest BCUT2D eigenvalue weighted by Crippen LogP contribution is 2.42. The molecule has 6 N–H and O–H groups in total. The summed E-state index contributed by atoms with van der Waals surface area (Å²) in [6, 6.07) is 6.89. The zero-order chi connectivity index (χ0) is 33.4. The summed E-state index contributed by atoms with van der Waals surface area (Å²) in [4.78, 5) is 18.7. The highest BCUT2D eigenvalue weighted by molar-refractivity contribution is 5.92. The molecule has 0 amide bonds. The van der Waals surface area contributed by atoms with E-state index in [4.69, 9.17) is 13.9 Å². The van der Waals surface area contributed by atoms with Gasteiger partial charge in [0.25, 0.3) is 0 Å². The maximum atomic E-state index is 14.2. The molecule has 0 bridgehead atoms. The Kier molecular flexibility index (Phi) is 10.1. The molecular weight excluding hydrogens is 608 g/mol. The predicted molar refractivity (Wildman–Crippen MR) is 173 cm³/mol. The van der Waals surface area contributed by atoms with Gasteiger partial charge in [0.2, 0.25) is 11.7 Å². The van der Waals surface area contributed by atoms with Gasteiger partial charge in [-0.3, -0.25) is 14.6 Å². The number of aliphatic hydroxyl groups excluding tert-OH is 4. The van der Waals surface area contributed by atoms with Crippen LogP contribution in [-0.2, 0) is 17.8 Å².